The number of benzene rings is 3. The molecule has 222 valence electrons. The number of rotatable bonds is 12. The van der Waals surface area contributed by atoms with E-state index >= 15 is 4.39 Å². The molecule has 8 nitrogen and oxygen atoms in total. The molecule has 42 heavy (non-hydrogen) atoms. The highest BCUT2D eigenvalue weighted by atomic mass is 19.1. The number of nitrogens with zero attached hydrogens (tertiary/aromatic N) is 2. The Morgan fingerprint density at radius 3 is 1.95 bits per heavy atom. The summed E-state index contributed by atoms with van der Waals surface area (Å²) in [5, 5.41) is 3.09. The molecule has 0 unspecified atom stereocenters. The van der Waals surface area contributed by atoms with Crippen LogP contribution in [0, 0.1) is 11.2 Å². The lowest BCUT2D eigenvalue weighted by molar-refractivity contribution is -0.115. The normalized spacial score (nSPS) is 19.7. The summed E-state index contributed by atoms with van der Waals surface area (Å²) in [7, 11) is 4.74. The van der Waals surface area contributed by atoms with Gasteiger partial charge in [-0.1, -0.05) is 24.3 Å². The molecule has 3 heterocycles. The van der Waals surface area contributed by atoms with Crippen LogP contribution in [0.5, 0.6) is 23.0 Å². The SMILES string of the molecule is CN=C(C(=O)NCC12CCN(CC1)CC2)c1cc(F)c(OCc2ccc(OC)cc2)c(OCc2ccc(OC)cc2)c1. The van der Waals surface area contributed by atoms with Crippen LogP contribution in [0.2, 0.25) is 0 Å². The molecule has 0 spiro atoms. The van der Waals surface area contributed by atoms with Gasteiger partial charge in [-0.25, -0.2) is 4.39 Å². The van der Waals surface area contributed by atoms with Crippen LogP contribution in [0.25, 0.3) is 0 Å². The first kappa shape index (κ1) is 29.4. The van der Waals surface area contributed by atoms with E-state index in [-0.39, 0.29) is 41.7 Å². The molecule has 1 amide bonds. The molecule has 1 N–H and O–H groups in total. The van der Waals surface area contributed by atoms with E-state index in [4.69, 9.17) is 18.9 Å². The summed E-state index contributed by atoms with van der Waals surface area (Å²) in [5.74, 6) is 0.623. The molecule has 2 bridgehead atoms. The van der Waals surface area contributed by atoms with Gasteiger partial charge < -0.3 is 29.2 Å². The van der Waals surface area contributed by atoms with Crippen molar-refractivity contribution < 1.29 is 28.1 Å². The van der Waals surface area contributed by atoms with Gasteiger partial charge in [0.1, 0.15) is 30.4 Å². The van der Waals surface area contributed by atoms with E-state index in [0.717, 1.165) is 61.5 Å². The molecule has 6 rings (SSSR count). The van der Waals surface area contributed by atoms with Gasteiger partial charge in [-0.05, 0) is 91.8 Å². The highest BCUT2D eigenvalue weighted by Crippen LogP contribution is 2.39. The van der Waals surface area contributed by atoms with Gasteiger partial charge in [0.25, 0.3) is 5.91 Å². The van der Waals surface area contributed by atoms with E-state index < -0.39 is 5.82 Å². The van der Waals surface area contributed by atoms with Crippen LogP contribution < -0.4 is 24.3 Å². The molecule has 3 aliphatic rings. The number of methoxy groups -OCH3 is 2. The van der Waals surface area contributed by atoms with Crippen molar-refractivity contribution >= 4 is 11.6 Å². The number of amides is 1. The average Bonchev–Trinajstić information content (AvgIpc) is 3.04. The molecular weight excluding hydrogens is 537 g/mol. The maximum Gasteiger partial charge on any atom is 0.270 e. The summed E-state index contributed by atoms with van der Waals surface area (Å²) in [6, 6.07) is 17.7. The fraction of sp³-hybridized carbons (Fsp3) is 0.394. The Kier molecular flexibility index (Phi) is 9.27. The van der Waals surface area contributed by atoms with Crippen LogP contribution in [0.15, 0.2) is 65.7 Å². The zero-order valence-electron chi connectivity index (χ0n) is 24.5. The molecule has 3 saturated heterocycles. The van der Waals surface area contributed by atoms with E-state index in [9.17, 15) is 4.79 Å². The third-order valence-corrected chi connectivity index (χ3v) is 8.32. The summed E-state index contributed by atoms with van der Waals surface area (Å²) in [6.07, 6.45) is 3.22. The van der Waals surface area contributed by atoms with Crippen LogP contribution in [0.3, 0.4) is 0 Å². The first-order valence-corrected chi connectivity index (χ1v) is 14.2. The first-order valence-electron chi connectivity index (χ1n) is 14.2. The van der Waals surface area contributed by atoms with Crippen LogP contribution >= 0.6 is 0 Å². The molecular formula is C33H38FN3O5. The molecule has 9 heteroatoms. The molecule has 3 aliphatic heterocycles. The van der Waals surface area contributed by atoms with Crippen LogP contribution in [-0.4, -0.2) is 64.0 Å². The molecule has 3 aromatic carbocycles. The number of aliphatic imine (C=N–C) groups is 1. The Morgan fingerprint density at radius 2 is 1.43 bits per heavy atom. The highest BCUT2D eigenvalue weighted by molar-refractivity contribution is 6.45. The maximum absolute atomic E-state index is 15.7. The summed E-state index contributed by atoms with van der Waals surface area (Å²) in [5.41, 5.74) is 2.30. The van der Waals surface area contributed by atoms with Gasteiger partial charge in [0, 0.05) is 19.2 Å². The van der Waals surface area contributed by atoms with Gasteiger partial charge >= 0.3 is 0 Å². The number of piperidine rings is 3. The largest absolute Gasteiger partial charge is 0.497 e. The van der Waals surface area contributed by atoms with Crippen molar-refractivity contribution in [2.45, 2.75) is 32.5 Å². The van der Waals surface area contributed by atoms with Crippen molar-refractivity contribution in [2.75, 3.05) is 47.4 Å². The van der Waals surface area contributed by atoms with Gasteiger partial charge in [0.15, 0.2) is 17.3 Å². The second-order valence-corrected chi connectivity index (χ2v) is 10.9. The number of halogens is 1. The monoisotopic (exact) mass is 575 g/mol. The number of hydrogen-bond donors (Lipinski definition) is 1. The fourth-order valence-corrected chi connectivity index (χ4v) is 5.59. The minimum absolute atomic E-state index is 0.0354. The van der Waals surface area contributed by atoms with Crippen molar-refractivity contribution in [3.63, 3.8) is 0 Å². The Balaban J connectivity index is 1.36. The molecule has 0 radical (unpaired) electrons. The smallest absolute Gasteiger partial charge is 0.270 e. The first-order chi connectivity index (χ1) is 20.4. The van der Waals surface area contributed by atoms with Crippen molar-refractivity contribution in [2.24, 2.45) is 10.4 Å². The predicted molar refractivity (Wildman–Crippen MR) is 159 cm³/mol. The Morgan fingerprint density at radius 1 is 0.881 bits per heavy atom. The third kappa shape index (κ3) is 6.85. The van der Waals surface area contributed by atoms with E-state index in [1.54, 1.807) is 20.3 Å². The third-order valence-electron chi connectivity index (χ3n) is 8.32. The minimum atomic E-state index is -0.641. The van der Waals surface area contributed by atoms with Crippen LogP contribution in [0.4, 0.5) is 4.39 Å². The van der Waals surface area contributed by atoms with E-state index in [1.807, 2.05) is 48.5 Å². The average molecular weight is 576 g/mol. The topological polar surface area (TPSA) is 81.6 Å². The van der Waals surface area contributed by atoms with E-state index in [1.165, 1.54) is 13.1 Å². The summed E-state index contributed by atoms with van der Waals surface area (Å²) in [4.78, 5) is 20.0. The number of fused-ring (bicyclic) bond motifs is 3. The fourth-order valence-electron chi connectivity index (χ4n) is 5.59. The quantitative estimate of drug-likeness (QED) is 0.306. The van der Waals surface area contributed by atoms with Gasteiger partial charge in [-0.15, -0.1) is 0 Å². The van der Waals surface area contributed by atoms with Crippen molar-refractivity contribution in [3.8, 4) is 23.0 Å². The summed E-state index contributed by atoms with van der Waals surface area (Å²) < 4.78 is 38.2. The lowest BCUT2D eigenvalue weighted by Crippen LogP contribution is -2.53. The van der Waals surface area contributed by atoms with Gasteiger partial charge in [-0.3, -0.25) is 9.79 Å². The van der Waals surface area contributed by atoms with Gasteiger partial charge in [-0.2, -0.15) is 0 Å². The predicted octanol–water partition coefficient (Wildman–Crippen LogP) is 5.02. The van der Waals surface area contributed by atoms with E-state index in [0.29, 0.717) is 12.1 Å². The molecule has 0 aliphatic carbocycles. The number of hydrogen-bond acceptors (Lipinski definition) is 7. The van der Waals surface area contributed by atoms with Crippen LogP contribution in [-0.2, 0) is 18.0 Å². The minimum Gasteiger partial charge on any atom is -0.497 e. The lowest BCUT2D eigenvalue weighted by atomic mass is 9.72. The van der Waals surface area contributed by atoms with Crippen molar-refractivity contribution in [1.29, 1.82) is 0 Å². The second kappa shape index (κ2) is 13.2. The van der Waals surface area contributed by atoms with Crippen LogP contribution in [0.1, 0.15) is 36.0 Å². The molecule has 0 aromatic heterocycles. The summed E-state index contributed by atoms with van der Waals surface area (Å²) in [6.45, 7) is 4.09. The molecule has 3 fully saturated rings. The van der Waals surface area contributed by atoms with Gasteiger partial charge in [0.2, 0.25) is 0 Å². The van der Waals surface area contributed by atoms with E-state index in [2.05, 4.69) is 15.2 Å². The van der Waals surface area contributed by atoms with Gasteiger partial charge in [0.05, 0.1) is 14.2 Å². The number of carbonyl (C=O) groups is 1. The summed E-state index contributed by atoms with van der Waals surface area (Å²) >= 11 is 0. The zero-order chi connectivity index (χ0) is 29.5. The molecule has 0 atom stereocenters. The molecule has 0 saturated carbocycles. The Labute approximate surface area is 246 Å². The Bertz CT molecular complexity index is 1390. The Hall–Kier alpha value is -4.11. The zero-order valence-corrected chi connectivity index (χ0v) is 24.5. The number of ether oxygens (including phenoxy) is 4. The number of carbonyl (C=O) groups excluding carboxylic acids is 1. The number of nitrogens with one attached hydrogen (secondary N) is 1. The lowest BCUT2D eigenvalue weighted by Gasteiger charge is -2.48. The maximum atomic E-state index is 15.7. The highest BCUT2D eigenvalue weighted by Gasteiger charge is 2.39. The standard InChI is InChI=1S/C33H38FN3O5/c1-35-30(32(38)36-22-33-12-15-37(16-13-33)17-14-33)25-18-28(34)31(42-21-24-6-10-27(40-3)11-7-24)29(19-25)41-20-23-4-8-26(39-2)9-5-23/h4-11,18-19H,12-17,20-22H2,1-3H3,(H,36,38). The van der Waals surface area contributed by atoms with Crippen molar-refractivity contribution in [1.82, 2.24) is 10.2 Å². The second-order valence-electron chi connectivity index (χ2n) is 10.9. The van der Waals surface area contributed by atoms with Crippen molar-refractivity contribution in [3.05, 3.63) is 83.2 Å². The molecule has 3 aromatic rings.